The fourth-order valence-corrected chi connectivity index (χ4v) is 4.02. The van der Waals surface area contributed by atoms with Gasteiger partial charge >= 0.3 is 0 Å². The van der Waals surface area contributed by atoms with Gasteiger partial charge in [-0.1, -0.05) is 49.2 Å². The van der Waals surface area contributed by atoms with Gasteiger partial charge in [0.05, 0.1) is 15.6 Å². The van der Waals surface area contributed by atoms with Gasteiger partial charge in [-0.25, -0.2) is 0 Å². The number of primary amides is 1. The normalized spacial score (nSPS) is 22.7. The van der Waals surface area contributed by atoms with Crippen LogP contribution in [0.5, 0.6) is 0 Å². The summed E-state index contributed by atoms with van der Waals surface area (Å²) in [6, 6.07) is 11.0. The smallest absolute Gasteiger partial charge is 0.248 e. The van der Waals surface area contributed by atoms with E-state index in [1.807, 2.05) is 32.0 Å². The van der Waals surface area contributed by atoms with E-state index in [-0.39, 0.29) is 11.8 Å². The number of aliphatic hydroxyl groups is 1. The molecule has 2 aromatic carbocycles. The summed E-state index contributed by atoms with van der Waals surface area (Å²) in [6.45, 7) is 3.97. The molecule has 0 radical (unpaired) electrons. The number of halogens is 2. The van der Waals surface area contributed by atoms with Crippen LogP contribution in [0.15, 0.2) is 36.4 Å². The molecule has 3 nitrogen and oxygen atoms in total. The van der Waals surface area contributed by atoms with Crippen LogP contribution in [0.25, 0.3) is 0 Å². The molecule has 2 atom stereocenters. The molecule has 0 heterocycles. The Hall–Kier alpha value is -1.55. The van der Waals surface area contributed by atoms with E-state index in [0.29, 0.717) is 22.0 Å². The fourth-order valence-electron chi connectivity index (χ4n) is 3.72. The number of benzene rings is 2. The molecule has 25 heavy (non-hydrogen) atoms. The molecule has 132 valence electrons. The molecule has 3 N–H and O–H groups in total. The van der Waals surface area contributed by atoms with Gasteiger partial charge in [0.25, 0.3) is 0 Å². The van der Waals surface area contributed by atoms with Gasteiger partial charge in [0.15, 0.2) is 0 Å². The SMILES string of the molecule is CC(C)C1(O)CC[C@@H](c2ccc(Cl)c(Cl)c2)c2ccc(C(N)=O)cc21. The van der Waals surface area contributed by atoms with E-state index in [0.717, 1.165) is 23.1 Å². The molecule has 1 aliphatic rings. The second kappa shape index (κ2) is 6.64. The van der Waals surface area contributed by atoms with Crippen LogP contribution in [-0.4, -0.2) is 11.0 Å². The highest BCUT2D eigenvalue weighted by molar-refractivity contribution is 6.42. The van der Waals surface area contributed by atoms with Crippen molar-refractivity contribution in [2.24, 2.45) is 11.7 Å². The van der Waals surface area contributed by atoms with Gasteiger partial charge in [-0.05, 0) is 59.7 Å². The zero-order valence-electron chi connectivity index (χ0n) is 14.2. The van der Waals surface area contributed by atoms with Crippen molar-refractivity contribution in [3.63, 3.8) is 0 Å². The standard InChI is InChI=1S/C20H21Cl2NO2/c1-11(2)20(25)8-7-14(12-4-6-17(21)18(22)10-12)15-5-3-13(19(23)24)9-16(15)20/h3-6,9-11,14,25H,7-8H2,1-2H3,(H2,23,24)/t14-,20?/m0/s1. The van der Waals surface area contributed by atoms with Gasteiger partial charge in [-0.3, -0.25) is 4.79 Å². The lowest BCUT2D eigenvalue weighted by molar-refractivity contribution is -0.0279. The molecule has 0 fully saturated rings. The molecule has 0 aromatic heterocycles. The minimum atomic E-state index is -0.979. The molecule has 0 aliphatic heterocycles. The first-order chi connectivity index (χ1) is 11.7. The number of hydrogen-bond acceptors (Lipinski definition) is 2. The van der Waals surface area contributed by atoms with Crippen molar-refractivity contribution in [1.82, 2.24) is 0 Å². The molecule has 1 aliphatic carbocycles. The highest BCUT2D eigenvalue weighted by atomic mass is 35.5. The summed E-state index contributed by atoms with van der Waals surface area (Å²) in [4.78, 5) is 11.6. The predicted molar refractivity (Wildman–Crippen MR) is 101 cm³/mol. The first kappa shape index (κ1) is 18.2. The van der Waals surface area contributed by atoms with Crippen molar-refractivity contribution in [2.45, 2.75) is 38.2 Å². The topological polar surface area (TPSA) is 63.3 Å². The third-order valence-electron chi connectivity index (χ3n) is 5.29. The maximum absolute atomic E-state index is 11.6. The highest BCUT2D eigenvalue weighted by Gasteiger charge is 2.41. The molecule has 1 amide bonds. The molecule has 1 unspecified atom stereocenters. The van der Waals surface area contributed by atoms with Crippen LogP contribution in [0, 0.1) is 5.92 Å². The van der Waals surface area contributed by atoms with Crippen LogP contribution in [0.1, 0.15) is 59.7 Å². The lowest BCUT2D eigenvalue weighted by Crippen LogP contribution is -2.37. The number of rotatable bonds is 3. The summed E-state index contributed by atoms with van der Waals surface area (Å²) in [6.07, 6.45) is 1.39. The van der Waals surface area contributed by atoms with Crippen LogP contribution in [0.2, 0.25) is 10.0 Å². The summed E-state index contributed by atoms with van der Waals surface area (Å²) in [5.74, 6) is -0.389. The Kier molecular flexibility index (Phi) is 4.84. The Morgan fingerprint density at radius 3 is 2.52 bits per heavy atom. The molecule has 0 spiro atoms. The molecular formula is C20H21Cl2NO2. The number of fused-ring (bicyclic) bond motifs is 1. The second-order valence-electron chi connectivity index (χ2n) is 7.01. The van der Waals surface area contributed by atoms with Crippen molar-refractivity contribution in [1.29, 1.82) is 0 Å². The molecule has 0 saturated heterocycles. The first-order valence-electron chi connectivity index (χ1n) is 8.35. The summed E-state index contributed by atoms with van der Waals surface area (Å²) in [5, 5.41) is 12.3. The molecule has 2 aromatic rings. The zero-order chi connectivity index (χ0) is 18.4. The molecule has 3 rings (SSSR count). The van der Waals surface area contributed by atoms with E-state index in [2.05, 4.69) is 0 Å². The summed E-state index contributed by atoms with van der Waals surface area (Å²) in [7, 11) is 0. The number of nitrogens with two attached hydrogens (primary N) is 1. The van der Waals surface area contributed by atoms with E-state index in [4.69, 9.17) is 28.9 Å². The Labute approximate surface area is 157 Å². The first-order valence-corrected chi connectivity index (χ1v) is 9.11. The van der Waals surface area contributed by atoms with E-state index < -0.39 is 11.5 Å². The van der Waals surface area contributed by atoms with Gasteiger partial charge in [0.2, 0.25) is 5.91 Å². The third-order valence-corrected chi connectivity index (χ3v) is 6.03. The maximum atomic E-state index is 11.6. The number of hydrogen-bond donors (Lipinski definition) is 2. The summed E-state index contributed by atoms with van der Waals surface area (Å²) in [5.41, 5.74) is 7.71. The quantitative estimate of drug-likeness (QED) is 0.801. The Balaban J connectivity index is 2.17. The lowest BCUT2D eigenvalue weighted by Gasteiger charge is -2.41. The zero-order valence-corrected chi connectivity index (χ0v) is 15.7. The highest BCUT2D eigenvalue weighted by Crippen LogP contribution is 2.48. The molecule has 0 bridgehead atoms. The summed E-state index contributed by atoms with van der Waals surface area (Å²) < 4.78 is 0. The van der Waals surface area contributed by atoms with Crippen molar-refractivity contribution < 1.29 is 9.90 Å². The average molecular weight is 378 g/mol. The van der Waals surface area contributed by atoms with Gasteiger partial charge < -0.3 is 10.8 Å². The third kappa shape index (κ3) is 3.17. The molecular weight excluding hydrogens is 357 g/mol. The van der Waals surface area contributed by atoms with E-state index in [9.17, 15) is 9.90 Å². The van der Waals surface area contributed by atoms with Gasteiger partial charge in [0, 0.05) is 11.5 Å². The van der Waals surface area contributed by atoms with E-state index in [1.54, 1.807) is 18.2 Å². The molecule has 5 heteroatoms. The Morgan fingerprint density at radius 2 is 1.92 bits per heavy atom. The second-order valence-corrected chi connectivity index (χ2v) is 7.82. The summed E-state index contributed by atoms with van der Waals surface area (Å²) >= 11 is 12.2. The lowest BCUT2D eigenvalue weighted by atomic mass is 9.67. The van der Waals surface area contributed by atoms with Crippen LogP contribution in [-0.2, 0) is 5.60 Å². The van der Waals surface area contributed by atoms with Gasteiger partial charge in [0.1, 0.15) is 0 Å². The number of amides is 1. The van der Waals surface area contributed by atoms with E-state index in [1.165, 1.54) is 0 Å². The average Bonchev–Trinajstić information content (AvgIpc) is 2.57. The Morgan fingerprint density at radius 1 is 1.20 bits per heavy atom. The van der Waals surface area contributed by atoms with Gasteiger partial charge in [-0.2, -0.15) is 0 Å². The predicted octanol–water partition coefficient (Wildman–Crippen LogP) is 4.86. The van der Waals surface area contributed by atoms with Crippen molar-refractivity contribution in [3.8, 4) is 0 Å². The fraction of sp³-hybridized carbons (Fsp3) is 0.350. The maximum Gasteiger partial charge on any atom is 0.248 e. The van der Waals surface area contributed by atoms with Gasteiger partial charge in [-0.15, -0.1) is 0 Å². The van der Waals surface area contributed by atoms with Crippen molar-refractivity contribution in [3.05, 3.63) is 68.7 Å². The van der Waals surface area contributed by atoms with Crippen LogP contribution in [0.4, 0.5) is 0 Å². The number of carbonyl (C=O) groups is 1. The minimum Gasteiger partial charge on any atom is -0.385 e. The Bertz CT molecular complexity index is 834. The van der Waals surface area contributed by atoms with Crippen LogP contribution >= 0.6 is 23.2 Å². The van der Waals surface area contributed by atoms with Crippen LogP contribution in [0.3, 0.4) is 0 Å². The monoisotopic (exact) mass is 377 g/mol. The van der Waals surface area contributed by atoms with E-state index >= 15 is 0 Å². The largest absolute Gasteiger partial charge is 0.385 e. The van der Waals surface area contributed by atoms with Crippen LogP contribution < -0.4 is 5.73 Å². The minimum absolute atomic E-state index is 0.0177. The number of carbonyl (C=O) groups excluding carboxylic acids is 1. The van der Waals surface area contributed by atoms with Crippen molar-refractivity contribution in [2.75, 3.05) is 0 Å². The van der Waals surface area contributed by atoms with Crippen molar-refractivity contribution >= 4 is 29.1 Å². The molecule has 0 saturated carbocycles.